The lowest BCUT2D eigenvalue weighted by Crippen LogP contribution is -2.37. The number of aromatic nitrogens is 1. The summed E-state index contributed by atoms with van der Waals surface area (Å²) in [5.41, 5.74) is 1.62. The van der Waals surface area contributed by atoms with Gasteiger partial charge in [-0.1, -0.05) is 26.7 Å². The molecule has 0 saturated heterocycles. The van der Waals surface area contributed by atoms with Gasteiger partial charge in [-0.15, -0.1) is 0 Å². The number of hydrogen-bond donors (Lipinski definition) is 1. The predicted molar refractivity (Wildman–Crippen MR) is 78.3 cm³/mol. The molecule has 1 heterocycles. The third-order valence-corrected chi connectivity index (χ3v) is 4.63. The molecule has 2 atom stereocenters. The Hall–Kier alpha value is -1.09. The molecule has 1 aromatic rings. The number of nitrogens with zero attached hydrogens (tertiary/aromatic N) is 1. The van der Waals surface area contributed by atoms with Gasteiger partial charge >= 0.3 is 0 Å². The molecule has 0 amide bonds. The second kappa shape index (κ2) is 5.91. The van der Waals surface area contributed by atoms with Crippen molar-refractivity contribution in [2.45, 2.75) is 45.6 Å². The topological polar surface area (TPSA) is 34.2 Å². The highest BCUT2D eigenvalue weighted by Gasteiger charge is 2.37. The Morgan fingerprint density at radius 3 is 2.79 bits per heavy atom. The van der Waals surface area contributed by atoms with Gasteiger partial charge in [0.05, 0.1) is 13.3 Å². The first-order chi connectivity index (χ1) is 9.08. The monoisotopic (exact) mass is 262 g/mol. The highest BCUT2D eigenvalue weighted by atomic mass is 16.5. The normalized spacial score (nSPS) is 23.9. The molecular formula is C16H26N2O. The summed E-state index contributed by atoms with van der Waals surface area (Å²) in [7, 11) is 3.74. The molecule has 1 fully saturated rings. The maximum absolute atomic E-state index is 5.30. The van der Waals surface area contributed by atoms with Crippen LogP contribution in [0.15, 0.2) is 18.5 Å². The van der Waals surface area contributed by atoms with Gasteiger partial charge in [-0.25, -0.2) is 0 Å². The quantitative estimate of drug-likeness (QED) is 0.900. The molecule has 1 saturated carbocycles. The van der Waals surface area contributed by atoms with E-state index >= 15 is 0 Å². The molecule has 1 N–H and O–H groups in total. The van der Waals surface area contributed by atoms with Crippen LogP contribution in [0, 0.1) is 11.3 Å². The van der Waals surface area contributed by atoms with Crippen LogP contribution in [-0.2, 0) is 0 Å². The molecule has 3 nitrogen and oxygen atoms in total. The van der Waals surface area contributed by atoms with Crippen molar-refractivity contribution in [2.75, 3.05) is 14.2 Å². The van der Waals surface area contributed by atoms with Crippen molar-refractivity contribution in [1.82, 2.24) is 10.3 Å². The van der Waals surface area contributed by atoms with Crippen LogP contribution in [0.5, 0.6) is 5.75 Å². The molecule has 0 spiro atoms. The Morgan fingerprint density at radius 2 is 2.16 bits per heavy atom. The summed E-state index contributed by atoms with van der Waals surface area (Å²) >= 11 is 0. The van der Waals surface area contributed by atoms with Crippen LogP contribution in [0.1, 0.15) is 51.1 Å². The number of methoxy groups -OCH3 is 1. The maximum atomic E-state index is 5.30. The second-order valence-corrected chi connectivity index (χ2v) is 6.27. The summed E-state index contributed by atoms with van der Waals surface area (Å²) in [6.45, 7) is 4.80. The van der Waals surface area contributed by atoms with Gasteiger partial charge in [0.1, 0.15) is 5.75 Å². The molecule has 0 aromatic carbocycles. The van der Waals surface area contributed by atoms with E-state index in [1.165, 1.54) is 31.2 Å². The first kappa shape index (κ1) is 14.3. The van der Waals surface area contributed by atoms with Crippen molar-refractivity contribution in [3.8, 4) is 5.75 Å². The Labute approximate surface area is 116 Å². The van der Waals surface area contributed by atoms with E-state index in [0.717, 1.165) is 5.75 Å². The van der Waals surface area contributed by atoms with E-state index in [9.17, 15) is 0 Å². The fourth-order valence-corrected chi connectivity index (χ4v) is 3.46. The Bertz CT molecular complexity index is 417. The van der Waals surface area contributed by atoms with Crippen molar-refractivity contribution >= 4 is 0 Å². The van der Waals surface area contributed by atoms with Crippen molar-refractivity contribution in [3.63, 3.8) is 0 Å². The van der Waals surface area contributed by atoms with Crippen LogP contribution >= 0.6 is 0 Å². The highest BCUT2D eigenvalue weighted by Crippen LogP contribution is 2.46. The summed E-state index contributed by atoms with van der Waals surface area (Å²) in [5, 5.41) is 3.50. The average Bonchev–Trinajstić information content (AvgIpc) is 2.41. The van der Waals surface area contributed by atoms with Crippen LogP contribution < -0.4 is 10.1 Å². The molecule has 1 aromatic heterocycles. The van der Waals surface area contributed by atoms with Gasteiger partial charge in [-0.2, -0.15) is 0 Å². The SMILES string of the molecule is CNC(c1cncc(OC)c1)C1CCCCC1(C)C. The Morgan fingerprint density at radius 1 is 1.37 bits per heavy atom. The van der Waals surface area contributed by atoms with Crippen LogP contribution in [0.4, 0.5) is 0 Å². The van der Waals surface area contributed by atoms with Crippen LogP contribution in [0.3, 0.4) is 0 Å². The first-order valence-corrected chi connectivity index (χ1v) is 7.24. The molecule has 1 aliphatic carbocycles. The molecule has 2 rings (SSSR count). The third kappa shape index (κ3) is 3.08. The third-order valence-electron chi connectivity index (χ3n) is 4.63. The van der Waals surface area contributed by atoms with Crippen LogP contribution in [-0.4, -0.2) is 19.1 Å². The Balaban J connectivity index is 2.27. The molecule has 106 valence electrons. The zero-order valence-corrected chi connectivity index (χ0v) is 12.6. The maximum Gasteiger partial charge on any atom is 0.137 e. The van der Waals surface area contributed by atoms with Crippen LogP contribution in [0.25, 0.3) is 0 Å². The first-order valence-electron chi connectivity index (χ1n) is 7.24. The van der Waals surface area contributed by atoms with E-state index in [1.807, 2.05) is 6.20 Å². The van der Waals surface area contributed by atoms with Gasteiger partial charge in [0, 0.05) is 12.2 Å². The molecule has 3 heteroatoms. The smallest absolute Gasteiger partial charge is 0.137 e. The number of nitrogens with one attached hydrogen (secondary N) is 1. The number of pyridine rings is 1. The standard InChI is InChI=1S/C16H26N2O/c1-16(2)8-6-5-7-14(16)15(17-3)12-9-13(19-4)11-18-10-12/h9-11,14-15,17H,5-8H2,1-4H3. The average molecular weight is 262 g/mol. The minimum atomic E-state index is 0.359. The molecule has 2 unspecified atom stereocenters. The molecule has 0 aliphatic heterocycles. The molecule has 19 heavy (non-hydrogen) atoms. The zero-order valence-electron chi connectivity index (χ0n) is 12.6. The van der Waals surface area contributed by atoms with Crippen molar-refractivity contribution in [3.05, 3.63) is 24.0 Å². The van der Waals surface area contributed by atoms with Crippen molar-refractivity contribution < 1.29 is 4.74 Å². The van der Waals surface area contributed by atoms with Gasteiger partial charge in [0.25, 0.3) is 0 Å². The van der Waals surface area contributed by atoms with Crippen molar-refractivity contribution in [2.24, 2.45) is 11.3 Å². The van der Waals surface area contributed by atoms with E-state index in [1.54, 1.807) is 13.3 Å². The van der Waals surface area contributed by atoms with Gasteiger partial charge in [-0.05, 0) is 42.9 Å². The molecule has 0 bridgehead atoms. The minimum Gasteiger partial charge on any atom is -0.495 e. The molecular weight excluding hydrogens is 236 g/mol. The molecule has 1 aliphatic rings. The van der Waals surface area contributed by atoms with E-state index in [-0.39, 0.29) is 0 Å². The zero-order chi connectivity index (χ0) is 13.9. The minimum absolute atomic E-state index is 0.359. The summed E-state index contributed by atoms with van der Waals surface area (Å²) < 4.78 is 5.30. The molecule has 0 radical (unpaired) electrons. The van der Waals surface area contributed by atoms with Gasteiger partial charge in [0.2, 0.25) is 0 Å². The fraction of sp³-hybridized carbons (Fsp3) is 0.688. The summed E-state index contributed by atoms with van der Waals surface area (Å²) in [4.78, 5) is 4.30. The van der Waals surface area contributed by atoms with E-state index in [4.69, 9.17) is 4.74 Å². The lowest BCUT2D eigenvalue weighted by molar-refractivity contribution is 0.101. The van der Waals surface area contributed by atoms with Gasteiger partial charge < -0.3 is 10.1 Å². The predicted octanol–water partition coefficient (Wildman–Crippen LogP) is 3.57. The van der Waals surface area contributed by atoms with Gasteiger partial charge in [-0.3, -0.25) is 4.98 Å². The number of hydrogen-bond acceptors (Lipinski definition) is 3. The fourth-order valence-electron chi connectivity index (χ4n) is 3.46. The summed E-state index contributed by atoms with van der Waals surface area (Å²) in [6.07, 6.45) is 9.03. The lowest BCUT2D eigenvalue weighted by Gasteiger charge is -2.43. The van der Waals surface area contributed by atoms with E-state index in [2.05, 4.69) is 37.3 Å². The van der Waals surface area contributed by atoms with E-state index in [0.29, 0.717) is 17.4 Å². The van der Waals surface area contributed by atoms with Crippen molar-refractivity contribution in [1.29, 1.82) is 0 Å². The Kier molecular flexibility index (Phi) is 4.46. The largest absolute Gasteiger partial charge is 0.495 e. The van der Waals surface area contributed by atoms with Crippen LogP contribution in [0.2, 0.25) is 0 Å². The summed E-state index contributed by atoms with van der Waals surface area (Å²) in [5.74, 6) is 1.49. The second-order valence-electron chi connectivity index (χ2n) is 6.27. The van der Waals surface area contributed by atoms with E-state index < -0.39 is 0 Å². The highest BCUT2D eigenvalue weighted by molar-refractivity contribution is 5.27. The summed E-state index contributed by atoms with van der Waals surface area (Å²) in [6, 6.07) is 2.47. The lowest BCUT2D eigenvalue weighted by atomic mass is 9.65. The number of ether oxygens (including phenoxy) is 1. The number of rotatable bonds is 4. The van der Waals surface area contributed by atoms with Gasteiger partial charge in [0.15, 0.2) is 0 Å².